The van der Waals surface area contributed by atoms with Crippen LogP contribution in [0.2, 0.25) is 0 Å². The molecule has 1 fully saturated rings. The third-order valence-electron chi connectivity index (χ3n) is 3.34. The summed E-state index contributed by atoms with van der Waals surface area (Å²) in [6, 6.07) is 5.85. The summed E-state index contributed by atoms with van der Waals surface area (Å²) in [5.41, 5.74) is 0.677. The van der Waals surface area contributed by atoms with Crippen LogP contribution >= 0.6 is 0 Å². The number of non-ortho nitro benzene ring substituents is 1. The van der Waals surface area contributed by atoms with Crippen LogP contribution in [0.15, 0.2) is 29.3 Å². The van der Waals surface area contributed by atoms with Crippen LogP contribution in [0.1, 0.15) is 12.5 Å². The van der Waals surface area contributed by atoms with Crippen molar-refractivity contribution in [2.24, 2.45) is 4.99 Å². The number of nitro benzene ring substituents is 1. The van der Waals surface area contributed by atoms with E-state index in [2.05, 4.69) is 10.3 Å². The second kappa shape index (κ2) is 7.51. The molecule has 0 radical (unpaired) electrons. The molecular weight excluding hydrogens is 288 g/mol. The molecule has 1 amide bonds. The minimum absolute atomic E-state index is 0.00245. The Morgan fingerprint density at radius 1 is 1.36 bits per heavy atom. The number of hydrogen-bond acceptors (Lipinski definition) is 5. The lowest BCUT2D eigenvalue weighted by Crippen LogP contribution is -2.45. The molecule has 1 saturated heterocycles. The van der Waals surface area contributed by atoms with E-state index in [0.29, 0.717) is 11.4 Å². The van der Waals surface area contributed by atoms with Crippen molar-refractivity contribution in [3.05, 3.63) is 39.9 Å². The van der Waals surface area contributed by atoms with E-state index in [-0.39, 0.29) is 12.3 Å². The number of nitro groups is 1. The van der Waals surface area contributed by atoms with E-state index in [1.54, 1.807) is 19.1 Å². The Bertz CT molecular complexity index is 565. The molecular formula is C14H18N4O4. The molecule has 0 saturated carbocycles. The molecule has 1 heterocycles. The van der Waals surface area contributed by atoms with Crippen LogP contribution in [-0.4, -0.2) is 47.9 Å². The molecule has 1 aromatic rings. The maximum atomic E-state index is 11.7. The van der Waals surface area contributed by atoms with Crippen molar-refractivity contribution in [2.45, 2.75) is 13.5 Å². The summed E-state index contributed by atoms with van der Waals surface area (Å²) in [6.45, 7) is 5.17. The van der Waals surface area contributed by atoms with E-state index in [1.807, 2.05) is 4.90 Å². The highest BCUT2D eigenvalue weighted by atomic mass is 16.6. The van der Waals surface area contributed by atoms with Gasteiger partial charge in [0.05, 0.1) is 4.92 Å². The van der Waals surface area contributed by atoms with E-state index in [1.165, 1.54) is 12.1 Å². The van der Waals surface area contributed by atoms with E-state index in [9.17, 15) is 14.9 Å². The van der Waals surface area contributed by atoms with Gasteiger partial charge in [0.1, 0.15) is 12.4 Å². The van der Waals surface area contributed by atoms with Gasteiger partial charge in [0.15, 0.2) is 0 Å². The maximum Gasteiger partial charge on any atom is 0.435 e. The van der Waals surface area contributed by atoms with Crippen LogP contribution in [0.25, 0.3) is 0 Å². The van der Waals surface area contributed by atoms with Crippen LogP contribution < -0.4 is 5.32 Å². The molecule has 0 atom stereocenters. The number of aliphatic imine (C=N–C) groups is 1. The zero-order valence-corrected chi connectivity index (χ0v) is 12.3. The Hall–Kier alpha value is -2.48. The summed E-state index contributed by atoms with van der Waals surface area (Å²) < 4.78 is 5.05. The summed E-state index contributed by atoms with van der Waals surface area (Å²) in [7, 11) is 0. The Kier molecular flexibility index (Phi) is 5.42. The number of amides is 1. The molecule has 22 heavy (non-hydrogen) atoms. The number of piperazine rings is 1. The van der Waals surface area contributed by atoms with Gasteiger partial charge in [-0.25, -0.2) is 4.79 Å². The molecule has 1 N–H and O–H groups in total. The lowest BCUT2D eigenvalue weighted by Gasteiger charge is -2.28. The van der Waals surface area contributed by atoms with E-state index >= 15 is 0 Å². The molecule has 0 aromatic heterocycles. The molecule has 8 heteroatoms. The fraction of sp³-hybridized carbons (Fsp3) is 0.429. The molecule has 8 nitrogen and oxygen atoms in total. The van der Waals surface area contributed by atoms with Crippen molar-refractivity contribution in [3.8, 4) is 0 Å². The van der Waals surface area contributed by atoms with Crippen molar-refractivity contribution in [1.82, 2.24) is 10.2 Å². The van der Waals surface area contributed by atoms with Crippen LogP contribution in [0.5, 0.6) is 0 Å². The number of nitrogens with one attached hydrogen (secondary N) is 1. The first-order valence-electron chi connectivity index (χ1n) is 6.97. The molecule has 118 valence electrons. The fourth-order valence-electron chi connectivity index (χ4n) is 2.08. The van der Waals surface area contributed by atoms with Gasteiger partial charge in [-0.05, 0) is 24.6 Å². The number of nitrogens with zero attached hydrogens (tertiary/aromatic N) is 3. The van der Waals surface area contributed by atoms with Crippen molar-refractivity contribution >= 4 is 17.6 Å². The van der Waals surface area contributed by atoms with Gasteiger partial charge in [0.2, 0.25) is 0 Å². The number of rotatable bonds is 3. The Balaban J connectivity index is 1.85. The van der Waals surface area contributed by atoms with E-state index < -0.39 is 11.0 Å². The topological polar surface area (TPSA) is 97.1 Å². The second-order valence-corrected chi connectivity index (χ2v) is 4.87. The van der Waals surface area contributed by atoms with Gasteiger partial charge in [-0.15, -0.1) is 0 Å². The number of hydrogen-bond donors (Lipinski definition) is 1. The lowest BCUT2D eigenvalue weighted by molar-refractivity contribution is -0.384. The van der Waals surface area contributed by atoms with Gasteiger partial charge in [-0.1, -0.05) is 0 Å². The number of carbonyl (C=O) groups excluding carboxylic acids is 1. The standard InChI is InChI=1S/C14H18N4O4/c1-11(17-8-6-15-7-9-17)16-14(19)22-10-12-2-4-13(5-3-12)18(20)21/h2-5,15H,6-10H2,1H3. The Morgan fingerprint density at radius 2 is 2.00 bits per heavy atom. The molecule has 0 aliphatic carbocycles. The molecule has 1 aliphatic heterocycles. The summed E-state index contributed by atoms with van der Waals surface area (Å²) in [5.74, 6) is 0.634. The summed E-state index contributed by atoms with van der Waals surface area (Å²) >= 11 is 0. The van der Waals surface area contributed by atoms with Crippen molar-refractivity contribution in [2.75, 3.05) is 26.2 Å². The van der Waals surface area contributed by atoms with Crippen molar-refractivity contribution < 1.29 is 14.5 Å². The number of benzene rings is 1. The predicted molar refractivity (Wildman–Crippen MR) is 80.8 cm³/mol. The molecule has 0 unspecified atom stereocenters. The predicted octanol–water partition coefficient (Wildman–Crippen LogP) is 1.55. The SMILES string of the molecule is CC(=NC(=O)OCc1ccc([N+](=O)[O-])cc1)N1CCNCC1. The normalized spacial score (nSPS) is 15.5. The van der Waals surface area contributed by atoms with Crippen molar-refractivity contribution in [3.63, 3.8) is 0 Å². The summed E-state index contributed by atoms with van der Waals surface area (Å²) in [6.07, 6.45) is -0.658. The smallest absolute Gasteiger partial charge is 0.435 e. The molecule has 1 aromatic carbocycles. The molecule has 0 spiro atoms. The lowest BCUT2D eigenvalue weighted by atomic mass is 10.2. The quantitative estimate of drug-likeness (QED) is 0.394. The van der Waals surface area contributed by atoms with E-state index in [0.717, 1.165) is 26.2 Å². The van der Waals surface area contributed by atoms with Gasteiger partial charge in [-0.3, -0.25) is 10.1 Å². The van der Waals surface area contributed by atoms with Crippen LogP contribution in [0, 0.1) is 10.1 Å². The third-order valence-corrected chi connectivity index (χ3v) is 3.34. The highest BCUT2D eigenvalue weighted by molar-refractivity contribution is 5.90. The first-order valence-corrected chi connectivity index (χ1v) is 6.97. The van der Waals surface area contributed by atoms with E-state index in [4.69, 9.17) is 4.74 Å². The first kappa shape index (κ1) is 15.9. The second-order valence-electron chi connectivity index (χ2n) is 4.87. The average molecular weight is 306 g/mol. The highest BCUT2D eigenvalue weighted by Gasteiger charge is 2.12. The van der Waals surface area contributed by atoms with Gasteiger partial charge in [-0.2, -0.15) is 4.99 Å². The maximum absolute atomic E-state index is 11.7. The zero-order chi connectivity index (χ0) is 15.9. The van der Waals surface area contributed by atoms with Gasteiger partial charge >= 0.3 is 6.09 Å². The van der Waals surface area contributed by atoms with Crippen LogP contribution in [-0.2, 0) is 11.3 Å². The number of carbonyl (C=O) groups is 1. The minimum Gasteiger partial charge on any atom is -0.443 e. The Labute approximate surface area is 127 Å². The zero-order valence-electron chi connectivity index (χ0n) is 12.3. The minimum atomic E-state index is -0.658. The summed E-state index contributed by atoms with van der Waals surface area (Å²) in [4.78, 5) is 27.7. The fourth-order valence-corrected chi connectivity index (χ4v) is 2.08. The number of ether oxygens (including phenoxy) is 1. The van der Waals surface area contributed by atoms with Crippen LogP contribution in [0.4, 0.5) is 10.5 Å². The van der Waals surface area contributed by atoms with Crippen LogP contribution in [0.3, 0.4) is 0 Å². The number of amidine groups is 1. The molecule has 0 bridgehead atoms. The van der Waals surface area contributed by atoms with Gasteiger partial charge < -0.3 is 15.0 Å². The summed E-state index contributed by atoms with van der Waals surface area (Å²) in [5, 5.41) is 13.8. The van der Waals surface area contributed by atoms with Gasteiger partial charge in [0.25, 0.3) is 5.69 Å². The first-order chi connectivity index (χ1) is 10.6. The largest absolute Gasteiger partial charge is 0.443 e. The van der Waals surface area contributed by atoms with Gasteiger partial charge in [0, 0.05) is 38.3 Å². The third kappa shape index (κ3) is 4.52. The van der Waals surface area contributed by atoms with Crippen molar-refractivity contribution in [1.29, 1.82) is 0 Å². The highest BCUT2D eigenvalue weighted by Crippen LogP contribution is 2.12. The Morgan fingerprint density at radius 3 is 2.59 bits per heavy atom. The average Bonchev–Trinajstić information content (AvgIpc) is 2.54. The molecule has 2 rings (SSSR count). The monoisotopic (exact) mass is 306 g/mol. The molecule has 1 aliphatic rings.